The van der Waals surface area contributed by atoms with Gasteiger partial charge in [-0.05, 0) is 16.6 Å². The number of nitrogen functional groups attached to an aromatic ring is 1. The maximum Gasteiger partial charge on any atom is 0.337 e. The Hall–Kier alpha value is -3.22. The van der Waals surface area contributed by atoms with Crippen LogP contribution in [0.1, 0.15) is 0 Å². The summed E-state index contributed by atoms with van der Waals surface area (Å²) in [6.07, 6.45) is 0. The summed E-state index contributed by atoms with van der Waals surface area (Å²) in [6.45, 7) is 0. The topological polar surface area (TPSA) is 99.4 Å². The molecule has 0 radical (unpaired) electrons. The second-order valence-electron chi connectivity index (χ2n) is 4.81. The molecule has 0 atom stereocenters. The number of nitrogens with two attached hydrogens (primary N) is 1. The van der Waals surface area contributed by atoms with Crippen molar-refractivity contribution in [3.05, 3.63) is 68.2 Å². The molecule has 22 heavy (non-hydrogen) atoms. The van der Waals surface area contributed by atoms with Gasteiger partial charge in [0.15, 0.2) is 0 Å². The Balaban J connectivity index is 2.52. The van der Waals surface area contributed by atoms with E-state index in [1.165, 1.54) is 7.05 Å². The van der Waals surface area contributed by atoms with Gasteiger partial charge in [-0.3, -0.25) is 9.36 Å². The van der Waals surface area contributed by atoms with Crippen LogP contribution in [0.4, 0.5) is 11.5 Å². The first-order valence-electron chi connectivity index (χ1n) is 6.49. The van der Waals surface area contributed by atoms with E-state index >= 15 is 0 Å². The molecular weight excluding hydrogens is 284 g/mol. The Bertz CT molecular complexity index is 1010. The van der Waals surface area contributed by atoms with Gasteiger partial charge in [-0.25, -0.2) is 9.36 Å². The first-order chi connectivity index (χ1) is 10.6. The summed E-state index contributed by atoms with van der Waals surface area (Å²) in [5, 5.41) is 4.35. The summed E-state index contributed by atoms with van der Waals surface area (Å²) in [6, 6.07) is 12.8. The van der Waals surface area contributed by atoms with Crippen LogP contribution in [0.15, 0.2) is 57.2 Å². The fourth-order valence-electron chi connectivity index (χ4n) is 2.44. The molecule has 110 valence electrons. The number of rotatable bonds is 2. The number of anilines is 1. The number of fused-ring (bicyclic) bond motifs is 1. The normalized spacial score (nSPS) is 10.8. The summed E-state index contributed by atoms with van der Waals surface area (Å²) in [4.78, 5) is 35.2. The molecular formula is C15H12N4O3. The average Bonchev–Trinajstić information content (AvgIpc) is 2.54. The fraction of sp³-hybridized carbons (Fsp3) is 0.0667. The molecule has 0 bridgehead atoms. The smallest absolute Gasteiger partial charge is 0.337 e. The average molecular weight is 296 g/mol. The molecule has 7 nitrogen and oxygen atoms in total. The van der Waals surface area contributed by atoms with Gasteiger partial charge in [0.2, 0.25) is 5.69 Å². The van der Waals surface area contributed by atoms with Crippen molar-refractivity contribution in [2.45, 2.75) is 0 Å². The van der Waals surface area contributed by atoms with E-state index in [0.29, 0.717) is 5.69 Å². The van der Waals surface area contributed by atoms with Crippen LogP contribution in [0.3, 0.4) is 0 Å². The highest BCUT2D eigenvalue weighted by Gasteiger charge is 2.18. The van der Waals surface area contributed by atoms with Crippen LogP contribution in [-0.2, 0) is 7.05 Å². The largest absolute Gasteiger partial charge is 0.383 e. The lowest BCUT2D eigenvalue weighted by Gasteiger charge is -2.14. The highest BCUT2D eigenvalue weighted by molar-refractivity contribution is 5.90. The lowest BCUT2D eigenvalue weighted by atomic mass is 10.1. The van der Waals surface area contributed by atoms with Crippen molar-refractivity contribution < 1.29 is 0 Å². The molecule has 0 unspecified atom stereocenters. The Morgan fingerprint density at radius 2 is 1.73 bits per heavy atom. The summed E-state index contributed by atoms with van der Waals surface area (Å²) in [7, 11) is 1.28. The fourth-order valence-corrected chi connectivity index (χ4v) is 2.44. The van der Waals surface area contributed by atoms with E-state index in [0.717, 1.165) is 19.9 Å². The number of nitrogens with zero attached hydrogens (tertiary/aromatic N) is 3. The van der Waals surface area contributed by atoms with Gasteiger partial charge in [-0.15, -0.1) is 4.91 Å². The zero-order valence-corrected chi connectivity index (χ0v) is 11.7. The van der Waals surface area contributed by atoms with Crippen LogP contribution >= 0.6 is 0 Å². The SMILES string of the molecule is Cn1c(=O)c(N=O)c(N)n(-c2cccc3ccccc23)c1=O. The molecule has 0 fully saturated rings. The Kier molecular flexibility index (Phi) is 3.10. The van der Waals surface area contributed by atoms with Crippen molar-refractivity contribution in [3.8, 4) is 5.69 Å². The van der Waals surface area contributed by atoms with E-state index in [1.54, 1.807) is 12.1 Å². The standard InChI is InChI=1S/C15H12N4O3/c1-18-14(20)12(17-22)13(16)19(15(18)21)11-8-4-6-9-5-2-3-7-10(9)11/h2-8H,16H2,1H3. The second-order valence-corrected chi connectivity index (χ2v) is 4.81. The third kappa shape index (κ3) is 1.83. The van der Waals surface area contributed by atoms with Gasteiger partial charge in [-0.2, -0.15) is 0 Å². The zero-order valence-electron chi connectivity index (χ0n) is 11.7. The molecule has 7 heteroatoms. The van der Waals surface area contributed by atoms with Gasteiger partial charge in [-0.1, -0.05) is 36.4 Å². The van der Waals surface area contributed by atoms with Crippen molar-refractivity contribution in [1.29, 1.82) is 0 Å². The summed E-state index contributed by atoms with van der Waals surface area (Å²) < 4.78 is 1.94. The summed E-state index contributed by atoms with van der Waals surface area (Å²) >= 11 is 0. The Labute approximate surface area is 124 Å². The first kappa shape index (κ1) is 13.7. The second kappa shape index (κ2) is 4.96. The van der Waals surface area contributed by atoms with Gasteiger partial charge in [0, 0.05) is 12.4 Å². The third-order valence-electron chi connectivity index (χ3n) is 3.57. The van der Waals surface area contributed by atoms with Gasteiger partial charge in [0.25, 0.3) is 5.56 Å². The minimum absolute atomic E-state index is 0.264. The van der Waals surface area contributed by atoms with Gasteiger partial charge < -0.3 is 5.73 Å². The quantitative estimate of drug-likeness (QED) is 0.727. The van der Waals surface area contributed by atoms with Gasteiger partial charge >= 0.3 is 5.69 Å². The van der Waals surface area contributed by atoms with E-state index in [9.17, 15) is 14.5 Å². The molecule has 3 rings (SSSR count). The van der Waals surface area contributed by atoms with Crippen LogP contribution in [0, 0.1) is 4.91 Å². The number of hydrogen-bond acceptors (Lipinski definition) is 5. The number of aromatic nitrogens is 2. The van der Waals surface area contributed by atoms with Gasteiger partial charge in [0.05, 0.1) is 5.69 Å². The first-order valence-corrected chi connectivity index (χ1v) is 6.49. The third-order valence-corrected chi connectivity index (χ3v) is 3.57. The molecule has 0 spiro atoms. The van der Waals surface area contributed by atoms with E-state index in [-0.39, 0.29) is 5.82 Å². The zero-order chi connectivity index (χ0) is 15.9. The number of nitroso groups, excluding NO2 is 1. The lowest BCUT2D eigenvalue weighted by molar-refractivity contribution is 0.737. The van der Waals surface area contributed by atoms with E-state index in [1.807, 2.05) is 30.3 Å². The van der Waals surface area contributed by atoms with Crippen LogP contribution < -0.4 is 17.0 Å². The Morgan fingerprint density at radius 3 is 2.45 bits per heavy atom. The molecule has 0 saturated heterocycles. The highest BCUT2D eigenvalue weighted by atomic mass is 16.3. The minimum atomic E-state index is -0.811. The number of benzene rings is 2. The maximum absolute atomic E-state index is 12.4. The number of hydrogen-bond donors (Lipinski definition) is 1. The monoisotopic (exact) mass is 296 g/mol. The van der Waals surface area contributed by atoms with E-state index in [4.69, 9.17) is 5.73 Å². The Morgan fingerprint density at radius 1 is 1.05 bits per heavy atom. The van der Waals surface area contributed by atoms with Crippen LogP contribution in [-0.4, -0.2) is 9.13 Å². The molecule has 0 amide bonds. The van der Waals surface area contributed by atoms with Crippen molar-refractivity contribution in [2.75, 3.05) is 5.73 Å². The van der Waals surface area contributed by atoms with Crippen molar-refractivity contribution in [2.24, 2.45) is 12.2 Å². The molecule has 0 aliphatic carbocycles. The van der Waals surface area contributed by atoms with Gasteiger partial charge in [0.1, 0.15) is 5.82 Å². The highest BCUT2D eigenvalue weighted by Crippen LogP contribution is 2.25. The van der Waals surface area contributed by atoms with Crippen LogP contribution in [0.5, 0.6) is 0 Å². The summed E-state index contributed by atoms with van der Waals surface area (Å²) in [5.41, 5.74) is 4.41. The minimum Gasteiger partial charge on any atom is -0.383 e. The predicted octanol–water partition coefficient (Wildman–Crippen LogP) is 1.67. The molecule has 2 N–H and O–H groups in total. The molecule has 0 aliphatic rings. The molecule has 2 aromatic carbocycles. The van der Waals surface area contributed by atoms with Crippen molar-refractivity contribution >= 4 is 22.3 Å². The molecule has 0 saturated carbocycles. The molecule has 1 heterocycles. The molecule has 1 aromatic heterocycles. The molecule has 3 aromatic rings. The van der Waals surface area contributed by atoms with Crippen molar-refractivity contribution in [1.82, 2.24) is 9.13 Å². The predicted molar refractivity (Wildman–Crippen MR) is 84.7 cm³/mol. The maximum atomic E-state index is 12.4. The molecule has 0 aliphatic heterocycles. The van der Waals surface area contributed by atoms with Crippen LogP contribution in [0.25, 0.3) is 16.5 Å². The van der Waals surface area contributed by atoms with E-state index in [2.05, 4.69) is 5.18 Å². The van der Waals surface area contributed by atoms with E-state index < -0.39 is 16.9 Å². The summed E-state index contributed by atoms with van der Waals surface area (Å²) in [5.74, 6) is -0.264. The van der Waals surface area contributed by atoms with Crippen molar-refractivity contribution in [3.63, 3.8) is 0 Å². The lowest BCUT2D eigenvalue weighted by Crippen LogP contribution is -2.38. The van der Waals surface area contributed by atoms with Crippen LogP contribution in [0.2, 0.25) is 0 Å².